The zero-order chi connectivity index (χ0) is 14.7. The summed E-state index contributed by atoms with van der Waals surface area (Å²) in [5, 5.41) is 3.97. The predicted octanol–water partition coefficient (Wildman–Crippen LogP) is 2.76. The van der Waals surface area contributed by atoms with Crippen LogP contribution in [0.3, 0.4) is 0 Å². The van der Waals surface area contributed by atoms with Gasteiger partial charge in [-0.15, -0.1) is 0 Å². The molecule has 0 saturated carbocycles. The number of anilines is 2. The number of nitrogens with one attached hydrogen (secondary N) is 1. The minimum absolute atomic E-state index is 0.643. The van der Waals surface area contributed by atoms with E-state index in [-0.39, 0.29) is 0 Å². The van der Waals surface area contributed by atoms with Gasteiger partial charge in [-0.2, -0.15) is 0 Å². The Bertz CT molecular complexity index is 595. The van der Waals surface area contributed by atoms with Gasteiger partial charge in [-0.1, -0.05) is 11.6 Å². The lowest BCUT2D eigenvalue weighted by Crippen LogP contribution is -2.15. The number of imidazole rings is 1. The SMILES string of the molecule is COc1ccc(Cl)c(NCc2cnc(N(C)C)n2C)c1. The number of aromatic nitrogens is 2. The van der Waals surface area contributed by atoms with Crippen molar-refractivity contribution in [2.24, 2.45) is 7.05 Å². The molecule has 0 bridgehead atoms. The molecule has 1 aromatic heterocycles. The van der Waals surface area contributed by atoms with Gasteiger partial charge in [-0.05, 0) is 12.1 Å². The smallest absolute Gasteiger partial charge is 0.204 e. The minimum Gasteiger partial charge on any atom is -0.497 e. The van der Waals surface area contributed by atoms with E-state index in [0.717, 1.165) is 23.1 Å². The summed E-state index contributed by atoms with van der Waals surface area (Å²) in [5.74, 6) is 1.69. The second-order valence-corrected chi connectivity index (χ2v) is 5.11. The van der Waals surface area contributed by atoms with Crippen molar-refractivity contribution in [1.82, 2.24) is 9.55 Å². The fourth-order valence-electron chi connectivity index (χ4n) is 1.97. The highest BCUT2D eigenvalue weighted by atomic mass is 35.5. The molecule has 0 radical (unpaired) electrons. The Balaban J connectivity index is 2.13. The van der Waals surface area contributed by atoms with Crippen molar-refractivity contribution in [2.75, 3.05) is 31.4 Å². The number of rotatable bonds is 5. The summed E-state index contributed by atoms with van der Waals surface area (Å²) >= 11 is 6.17. The first kappa shape index (κ1) is 14.5. The van der Waals surface area contributed by atoms with Gasteiger partial charge >= 0.3 is 0 Å². The summed E-state index contributed by atoms with van der Waals surface area (Å²) < 4.78 is 7.24. The van der Waals surface area contributed by atoms with E-state index in [9.17, 15) is 0 Å². The molecule has 0 unspecified atom stereocenters. The van der Waals surface area contributed by atoms with Crippen molar-refractivity contribution in [3.05, 3.63) is 35.1 Å². The van der Waals surface area contributed by atoms with Crippen LogP contribution in [-0.4, -0.2) is 30.8 Å². The molecule has 1 N–H and O–H groups in total. The van der Waals surface area contributed by atoms with Gasteiger partial charge in [0, 0.05) is 27.2 Å². The van der Waals surface area contributed by atoms with Crippen LogP contribution in [0, 0.1) is 0 Å². The molecule has 0 amide bonds. The van der Waals surface area contributed by atoms with Gasteiger partial charge in [0.15, 0.2) is 0 Å². The van der Waals surface area contributed by atoms with Crippen LogP contribution in [0.4, 0.5) is 11.6 Å². The molecule has 108 valence electrons. The average molecular weight is 295 g/mol. The van der Waals surface area contributed by atoms with Crippen molar-refractivity contribution in [3.63, 3.8) is 0 Å². The standard InChI is InChI=1S/C14H19ClN4O/c1-18(2)14-17-9-10(19(14)3)8-16-13-7-11(20-4)5-6-12(13)15/h5-7,9,16H,8H2,1-4H3. The molecule has 1 aromatic carbocycles. The van der Waals surface area contributed by atoms with Gasteiger partial charge in [0.1, 0.15) is 5.75 Å². The molecule has 0 spiro atoms. The van der Waals surface area contributed by atoms with Crippen molar-refractivity contribution in [2.45, 2.75) is 6.54 Å². The summed E-state index contributed by atoms with van der Waals surface area (Å²) in [6.07, 6.45) is 1.86. The molecule has 20 heavy (non-hydrogen) atoms. The minimum atomic E-state index is 0.643. The maximum atomic E-state index is 6.17. The highest BCUT2D eigenvalue weighted by Crippen LogP contribution is 2.27. The molecular formula is C14H19ClN4O. The molecule has 2 rings (SSSR count). The summed E-state index contributed by atoms with van der Waals surface area (Å²) in [6.45, 7) is 0.643. The number of ether oxygens (including phenoxy) is 1. The summed E-state index contributed by atoms with van der Waals surface area (Å²) in [7, 11) is 7.57. The summed E-state index contributed by atoms with van der Waals surface area (Å²) in [4.78, 5) is 6.35. The van der Waals surface area contributed by atoms with E-state index < -0.39 is 0 Å². The molecule has 6 heteroatoms. The van der Waals surface area contributed by atoms with E-state index >= 15 is 0 Å². The Morgan fingerprint density at radius 2 is 2.15 bits per heavy atom. The van der Waals surface area contributed by atoms with E-state index in [1.807, 2.05) is 55.0 Å². The maximum absolute atomic E-state index is 6.17. The van der Waals surface area contributed by atoms with E-state index in [4.69, 9.17) is 16.3 Å². The summed E-state index contributed by atoms with van der Waals surface area (Å²) in [5.41, 5.74) is 1.92. The zero-order valence-corrected chi connectivity index (χ0v) is 12.9. The fraction of sp³-hybridized carbons (Fsp3) is 0.357. The lowest BCUT2D eigenvalue weighted by atomic mass is 10.3. The van der Waals surface area contributed by atoms with Crippen LogP contribution in [-0.2, 0) is 13.6 Å². The molecule has 1 heterocycles. The van der Waals surface area contributed by atoms with E-state index in [1.165, 1.54) is 0 Å². The van der Waals surface area contributed by atoms with Gasteiger partial charge < -0.3 is 19.5 Å². The summed E-state index contributed by atoms with van der Waals surface area (Å²) in [6, 6.07) is 5.53. The van der Waals surface area contributed by atoms with Crippen LogP contribution in [0.15, 0.2) is 24.4 Å². The van der Waals surface area contributed by atoms with Gasteiger partial charge in [0.2, 0.25) is 5.95 Å². The third-order valence-corrected chi connectivity index (χ3v) is 3.42. The fourth-order valence-corrected chi connectivity index (χ4v) is 2.15. The predicted molar refractivity (Wildman–Crippen MR) is 82.9 cm³/mol. The molecule has 0 saturated heterocycles. The average Bonchev–Trinajstić information content (AvgIpc) is 2.79. The van der Waals surface area contributed by atoms with Crippen LogP contribution in [0.2, 0.25) is 5.02 Å². The number of hydrogen-bond donors (Lipinski definition) is 1. The Labute approximate surface area is 124 Å². The molecule has 2 aromatic rings. The number of methoxy groups -OCH3 is 1. The lowest BCUT2D eigenvalue weighted by molar-refractivity contribution is 0.415. The van der Waals surface area contributed by atoms with E-state index in [2.05, 4.69) is 10.3 Å². The van der Waals surface area contributed by atoms with Gasteiger partial charge in [-0.25, -0.2) is 4.98 Å². The molecule has 0 atom stereocenters. The van der Waals surface area contributed by atoms with Gasteiger partial charge in [0.25, 0.3) is 0 Å². The van der Waals surface area contributed by atoms with E-state index in [1.54, 1.807) is 7.11 Å². The molecule has 0 aliphatic heterocycles. The van der Waals surface area contributed by atoms with Crippen molar-refractivity contribution in [1.29, 1.82) is 0 Å². The Morgan fingerprint density at radius 1 is 1.40 bits per heavy atom. The lowest BCUT2D eigenvalue weighted by Gasteiger charge is -2.14. The highest BCUT2D eigenvalue weighted by Gasteiger charge is 2.09. The number of hydrogen-bond acceptors (Lipinski definition) is 4. The van der Waals surface area contributed by atoms with Crippen LogP contribution >= 0.6 is 11.6 Å². The van der Waals surface area contributed by atoms with E-state index in [0.29, 0.717) is 11.6 Å². The number of benzene rings is 1. The first-order valence-corrected chi connectivity index (χ1v) is 6.66. The first-order valence-electron chi connectivity index (χ1n) is 6.28. The highest BCUT2D eigenvalue weighted by molar-refractivity contribution is 6.33. The Hall–Kier alpha value is -1.88. The monoisotopic (exact) mass is 294 g/mol. The van der Waals surface area contributed by atoms with Crippen LogP contribution in [0.25, 0.3) is 0 Å². The molecule has 5 nitrogen and oxygen atoms in total. The Morgan fingerprint density at radius 3 is 2.75 bits per heavy atom. The Kier molecular flexibility index (Phi) is 4.39. The van der Waals surface area contributed by atoms with Crippen molar-refractivity contribution >= 4 is 23.2 Å². The maximum Gasteiger partial charge on any atom is 0.204 e. The van der Waals surface area contributed by atoms with Crippen LogP contribution < -0.4 is 15.0 Å². The molecule has 0 aliphatic carbocycles. The van der Waals surface area contributed by atoms with Gasteiger partial charge in [0.05, 0.1) is 36.3 Å². The number of halogens is 1. The molecule has 0 aliphatic rings. The molecule has 0 fully saturated rings. The van der Waals surface area contributed by atoms with Crippen molar-refractivity contribution < 1.29 is 4.74 Å². The third kappa shape index (κ3) is 2.99. The molecular weight excluding hydrogens is 276 g/mol. The van der Waals surface area contributed by atoms with Gasteiger partial charge in [-0.3, -0.25) is 0 Å². The second-order valence-electron chi connectivity index (χ2n) is 4.70. The van der Waals surface area contributed by atoms with Crippen LogP contribution in [0.5, 0.6) is 5.75 Å². The third-order valence-electron chi connectivity index (χ3n) is 3.09. The largest absolute Gasteiger partial charge is 0.497 e. The van der Waals surface area contributed by atoms with Crippen molar-refractivity contribution in [3.8, 4) is 5.75 Å². The second kappa shape index (κ2) is 6.05. The van der Waals surface area contributed by atoms with Crippen LogP contribution in [0.1, 0.15) is 5.69 Å². The number of nitrogens with zero attached hydrogens (tertiary/aromatic N) is 3. The zero-order valence-electron chi connectivity index (χ0n) is 12.1. The quantitative estimate of drug-likeness (QED) is 0.921. The first-order chi connectivity index (χ1) is 9.52. The topological polar surface area (TPSA) is 42.3 Å². The normalized spacial score (nSPS) is 10.4.